The Labute approximate surface area is 69.6 Å². The van der Waals surface area contributed by atoms with Gasteiger partial charge in [0.15, 0.2) is 6.29 Å². The molecule has 12 heavy (non-hydrogen) atoms. The Kier molecular flexibility index (Phi) is 1.43. The minimum Gasteiger partial charge on any atom is -0.348 e. The van der Waals surface area contributed by atoms with Crippen molar-refractivity contribution in [3.63, 3.8) is 0 Å². The van der Waals surface area contributed by atoms with Gasteiger partial charge in [-0.2, -0.15) is 0 Å². The van der Waals surface area contributed by atoms with Crippen molar-refractivity contribution in [1.29, 1.82) is 0 Å². The molecule has 0 spiro atoms. The fourth-order valence-electron chi connectivity index (χ4n) is 1.33. The summed E-state index contributed by atoms with van der Waals surface area (Å²) < 4.78 is 1.89. The second-order valence-corrected chi connectivity index (χ2v) is 2.68. The van der Waals surface area contributed by atoms with Crippen LogP contribution in [0.3, 0.4) is 0 Å². The van der Waals surface area contributed by atoms with Crippen LogP contribution < -0.4 is 0 Å². The van der Waals surface area contributed by atoms with Crippen molar-refractivity contribution in [2.24, 2.45) is 7.05 Å². The van der Waals surface area contributed by atoms with Crippen molar-refractivity contribution >= 4 is 17.3 Å². The molecule has 3 heteroatoms. The number of rotatable bonds is 1. The summed E-state index contributed by atoms with van der Waals surface area (Å²) in [5.41, 5.74) is 2.41. The molecule has 2 aromatic rings. The third-order valence-corrected chi connectivity index (χ3v) is 1.90. The van der Waals surface area contributed by atoms with Gasteiger partial charge in [0.1, 0.15) is 0 Å². The highest BCUT2D eigenvalue weighted by Gasteiger charge is 2.04. The monoisotopic (exact) mass is 160 g/mol. The second-order valence-electron chi connectivity index (χ2n) is 2.68. The van der Waals surface area contributed by atoms with Crippen molar-refractivity contribution in [2.45, 2.75) is 0 Å². The van der Waals surface area contributed by atoms with Crippen molar-refractivity contribution in [1.82, 2.24) is 9.55 Å². The number of fused-ring (bicyclic) bond motifs is 1. The van der Waals surface area contributed by atoms with E-state index in [9.17, 15) is 4.79 Å². The van der Waals surface area contributed by atoms with Gasteiger partial charge in [-0.15, -0.1) is 0 Å². The number of pyridine rings is 1. The van der Waals surface area contributed by atoms with E-state index >= 15 is 0 Å². The van der Waals surface area contributed by atoms with E-state index in [0.29, 0.717) is 5.56 Å². The van der Waals surface area contributed by atoms with Crippen LogP contribution in [-0.4, -0.2) is 15.8 Å². The van der Waals surface area contributed by atoms with E-state index in [0.717, 1.165) is 17.3 Å². The van der Waals surface area contributed by atoms with Crippen LogP contribution in [0.25, 0.3) is 11.0 Å². The summed E-state index contributed by atoms with van der Waals surface area (Å²) in [6, 6.07) is 3.80. The van der Waals surface area contributed by atoms with Gasteiger partial charge in [-0.05, 0) is 12.1 Å². The second kappa shape index (κ2) is 2.44. The predicted octanol–water partition coefficient (Wildman–Crippen LogP) is 1.39. The Morgan fingerprint density at radius 2 is 2.42 bits per heavy atom. The van der Waals surface area contributed by atoms with Crippen molar-refractivity contribution in [3.8, 4) is 0 Å². The van der Waals surface area contributed by atoms with E-state index in [1.54, 1.807) is 12.4 Å². The van der Waals surface area contributed by atoms with E-state index in [-0.39, 0.29) is 0 Å². The normalized spacial score (nSPS) is 10.4. The summed E-state index contributed by atoms with van der Waals surface area (Å²) in [6.45, 7) is 0. The molecule has 2 rings (SSSR count). The minimum absolute atomic E-state index is 0.646. The molecule has 0 aliphatic rings. The van der Waals surface area contributed by atoms with Crippen molar-refractivity contribution < 1.29 is 4.79 Å². The average Bonchev–Trinajstić information content (AvgIpc) is 2.44. The Balaban J connectivity index is 2.91. The number of nitrogens with zero attached hydrogens (tertiary/aromatic N) is 2. The summed E-state index contributed by atoms with van der Waals surface area (Å²) in [7, 11) is 1.90. The first-order valence-electron chi connectivity index (χ1n) is 3.68. The molecule has 2 heterocycles. The van der Waals surface area contributed by atoms with Crippen molar-refractivity contribution in [3.05, 3.63) is 30.1 Å². The first-order valence-corrected chi connectivity index (χ1v) is 3.68. The zero-order valence-corrected chi connectivity index (χ0v) is 6.69. The smallest absolute Gasteiger partial charge is 0.153 e. The number of hydrogen-bond acceptors (Lipinski definition) is 2. The maximum absolute atomic E-state index is 10.6. The lowest BCUT2D eigenvalue weighted by Crippen LogP contribution is -1.82. The zero-order chi connectivity index (χ0) is 8.55. The van der Waals surface area contributed by atoms with Crippen LogP contribution in [0.4, 0.5) is 0 Å². The van der Waals surface area contributed by atoms with E-state index in [1.165, 1.54) is 0 Å². The highest BCUT2D eigenvalue weighted by Crippen LogP contribution is 2.15. The summed E-state index contributed by atoms with van der Waals surface area (Å²) in [5, 5.41) is 0. The van der Waals surface area contributed by atoms with Gasteiger partial charge in [0.2, 0.25) is 0 Å². The summed E-state index contributed by atoms with van der Waals surface area (Å²) in [4.78, 5) is 14.7. The largest absolute Gasteiger partial charge is 0.348 e. The molecule has 0 atom stereocenters. The van der Waals surface area contributed by atoms with E-state index in [2.05, 4.69) is 4.98 Å². The van der Waals surface area contributed by atoms with Gasteiger partial charge in [0, 0.05) is 19.4 Å². The van der Waals surface area contributed by atoms with Gasteiger partial charge in [0.25, 0.3) is 0 Å². The summed E-state index contributed by atoms with van der Waals surface area (Å²) in [5.74, 6) is 0. The standard InChI is InChI=1S/C9H8N2O/c1-11-5-7(6-12)9-8(11)3-2-4-10-9/h2-6H,1H3. The third-order valence-electron chi connectivity index (χ3n) is 1.90. The SMILES string of the molecule is Cn1cc(C=O)c2ncccc21. The molecule has 60 valence electrons. The minimum atomic E-state index is 0.646. The Morgan fingerprint density at radius 1 is 1.58 bits per heavy atom. The highest BCUT2D eigenvalue weighted by atomic mass is 16.1. The highest BCUT2D eigenvalue weighted by molar-refractivity contribution is 5.94. The lowest BCUT2D eigenvalue weighted by molar-refractivity contribution is 0.112. The molecule has 0 N–H and O–H groups in total. The van der Waals surface area contributed by atoms with Gasteiger partial charge in [-0.1, -0.05) is 0 Å². The molecule has 0 saturated carbocycles. The van der Waals surface area contributed by atoms with Crippen LogP contribution >= 0.6 is 0 Å². The van der Waals surface area contributed by atoms with Crippen LogP contribution in [0.5, 0.6) is 0 Å². The molecule has 2 aromatic heterocycles. The molecule has 0 fully saturated rings. The molecular formula is C9H8N2O. The molecule has 0 radical (unpaired) electrons. The molecule has 3 nitrogen and oxygen atoms in total. The molecule has 0 unspecified atom stereocenters. The maximum atomic E-state index is 10.6. The van der Waals surface area contributed by atoms with E-state index in [4.69, 9.17) is 0 Å². The topological polar surface area (TPSA) is 34.9 Å². The fourth-order valence-corrected chi connectivity index (χ4v) is 1.33. The number of hydrogen-bond donors (Lipinski definition) is 0. The first-order chi connectivity index (χ1) is 5.83. The Bertz CT molecular complexity index is 431. The average molecular weight is 160 g/mol. The van der Waals surface area contributed by atoms with E-state index in [1.807, 2.05) is 23.7 Å². The first kappa shape index (κ1) is 7.03. The van der Waals surface area contributed by atoms with Crippen LogP contribution in [0.15, 0.2) is 24.5 Å². The fraction of sp³-hybridized carbons (Fsp3) is 0.111. The number of carbonyl (C=O) groups excluding carboxylic acids is 1. The van der Waals surface area contributed by atoms with Crippen LogP contribution in [0.2, 0.25) is 0 Å². The van der Waals surface area contributed by atoms with Gasteiger partial charge in [0.05, 0.1) is 16.6 Å². The Hall–Kier alpha value is -1.64. The zero-order valence-electron chi connectivity index (χ0n) is 6.69. The van der Waals surface area contributed by atoms with Gasteiger partial charge in [-0.3, -0.25) is 9.78 Å². The molecule has 0 aliphatic heterocycles. The third kappa shape index (κ3) is 0.830. The summed E-state index contributed by atoms with van der Waals surface area (Å²) in [6.07, 6.45) is 4.30. The lowest BCUT2D eigenvalue weighted by Gasteiger charge is -1.91. The molecule has 0 aromatic carbocycles. The van der Waals surface area contributed by atoms with Crippen LogP contribution in [0, 0.1) is 0 Å². The van der Waals surface area contributed by atoms with Gasteiger partial charge in [-0.25, -0.2) is 0 Å². The molecular weight excluding hydrogens is 152 g/mol. The lowest BCUT2D eigenvalue weighted by atomic mass is 10.3. The molecule has 0 amide bonds. The Morgan fingerprint density at radius 3 is 3.17 bits per heavy atom. The number of aryl methyl sites for hydroxylation is 1. The van der Waals surface area contributed by atoms with Gasteiger partial charge >= 0.3 is 0 Å². The van der Waals surface area contributed by atoms with Crippen LogP contribution in [-0.2, 0) is 7.05 Å². The van der Waals surface area contributed by atoms with Gasteiger partial charge < -0.3 is 4.57 Å². The maximum Gasteiger partial charge on any atom is 0.153 e. The molecule has 0 aliphatic carbocycles. The summed E-state index contributed by atoms with van der Waals surface area (Å²) >= 11 is 0. The van der Waals surface area contributed by atoms with E-state index < -0.39 is 0 Å². The number of carbonyl (C=O) groups is 1. The molecule has 0 bridgehead atoms. The number of aromatic nitrogens is 2. The van der Waals surface area contributed by atoms with Crippen LogP contribution in [0.1, 0.15) is 10.4 Å². The van der Waals surface area contributed by atoms with Crippen molar-refractivity contribution in [2.75, 3.05) is 0 Å². The quantitative estimate of drug-likeness (QED) is 0.591. The molecule has 0 saturated heterocycles. The number of aldehydes is 1. The predicted molar refractivity (Wildman–Crippen MR) is 46.1 cm³/mol.